The van der Waals surface area contributed by atoms with Crippen molar-refractivity contribution >= 4 is 35.1 Å². The summed E-state index contributed by atoms with van der Waals surface area (Å²) < 4.78 is 0.163. The zero-order valence-electron chi connectivity index (χ0n) is 30.1. The van der Waals surface area contributed by atoms with Crippen LogP contribution in [-0.4, -0.2) is 5.92 Å². The van der Waals surface area contributed by atoms with Crippen LogP contribution in [0.25, 0.3) is 34.4 Å². The van der Waals surface area contributed by atoms with Crippen molar-refractivity contribution in [2.75, 3.05) is 0 Å². The zero-order valence-corrected chi connectivity index (χ0v) is 35.3. The Morgan fingerprint density at radius 2 is 1.30 bits per heavy atom. The number of rotatable bonds is 6. The van der Waals surface area contributed by atoms with E-state index in [0.29, 0.717) is 5.92 Å². The first kappa shape index (κ1) is 34.9. The third kappa shape index (κ3) is 5.49. The van der Waals surface area contributed by atoms with Gasteiger partial charge in [-0.15, -0.1) is 0 Å². The number of halogens is 2. The van der Waals surface area contributed by atoms with E-state index in [0.717, 1.165) is 0 Å². The monoisotopic (exact) mass is 755 g/mol. The van der Waals surface area contributed by atoms with E-state index in [4.69, 9.17) is 17.0 Å². The van der Waals surface area contributed by atoms with Gasteiger partial charge in [-0.05, 0) is 0 Å². The molecular weight excluding hydrogens is 707 g/mol. The van der Waals surface area contributed by atoms with Crippen LogP contribution in [-0.2, 0) is 21.0 Å². The molecule has 0 fully saturated rings. The molecule has 0 saturated heterocycles. The Kier molecular flexibility index (Phi) is 9.00. The molecule has 4 aromatic carbocycles. The quantitative estimate of drug-likeness (QED) is 0.172. The Bertz CT molecular complexity index is 1930. The van der Waals surface area contributed by atoms with Crippen molar-refractivity contribution in [2.24, 2.45) is 5.92 Å². The topological polar surface area (TPSA) is 0 Å². The fourth-order valence-corrected chi connectivity index (χ4v) is 41.0. The van der Waals surface area contributed by atoms with Gasteiger partial charge in [0.2, 0.25) is 0 Å². The molecule has 0 nitrogen and oxygen atoms in total. The molecule has 4 aromatic rings. The summed E-state index contributed by atoms with van der Waals surface area (Å²) in [7, 11) is 17.4. The van der Waals surface area contributed by atoms with E-state index in [9.17, 15) is 0 Å². The summed E-state index contributed by atoms with van der Waals surface area (Å²) in [6.45, 7) is 25.5. The van der Waals surface area contributed by atoms with Crippen LogP contribution in [0.3, 0.4) is 0 Å². The Morgan fingerprint density at radius 3 is 1.87 bits per heavy atom. The molecule has 0 amide bonds. The van der Waals surface area contributed by atoms with Crippen LogP contribution >= 0.6 is 17.0 Å². The molecule has 6 rings (SSSR count). The average molecular weight is 758 g/mol. The van der Waals surface area contributed by atoms with Gasteiger partial charge in [-0.2, -0.15) is 0 Å². The molecule has 245 valence electrons. The van der Waals surface area contributed by atoms with E-state index in [1.807, 2.05) is 0 Å². The molecule has 0 radical (unpaired) electrons. The Hall–Kier alpha value is -1.96. The van der Waals surface area contributed by atoms with Crippen molar-refractivity contribution in [2.45, 2.75) is 88.1 Å². The Labute approximate surface area is 293 Å². The van der Waals surface area contributed by atoms with E-state index >= 15 is 0 Å². The van der Waals surface area contributed by atoms with Crippen molar-refractivity contribution < 1.29 is 15.6 Å². The third-order valence-electron chi connectivity index (χ3n) is 11.4. The van der Waals surface area contributed by atoms with Gasteiger partial charge in [-0.1, -0.05) is 0 Å². The van der Waals surface area contributed by atoms with E-state index in [1.165, 1.54) is 77.9 Å². The standard InChI is InChI=1S/C21H23.C20H21.C2H7Si.2ClH.Zr/c1-14-12-19-15(2)6-11-18(20(19)13-14)16-7-9-17(10-8-16)21(3,4)5;1-13(2)17-11-16-9-6-10-18(19(16)12-17)20-14(3)7-5-8-15(20)4;1-3-2;;;/h6-13H,1-5H3;5-13H,1-4H3;3H,1-2H3;2*1H;/q;;;;;+2/p-2. The van der Waals surface area contributed by atoms with Crippen molar-refractivity contribution in [3.63, 3.8) is 0 Å². The number of hydrogen-bond acceptors (Lipinski definition) is 0. The maximum absolute atomic E-state index is 8.69. The minimum absolute atomic E-state index is 0.0807. The molecule has 0 bridgehead atoms. The second kappa shape index (κ2) is 12.1. The summed E-state index contributed by atoms with van der Waals surface area (Å²) in [5, 5.41) is 0. The van der Waals surface area contributed by atoms with Gasteiger partial charge in [-0.25, -0.2) is 0 Å². The summed E-state index contributed by atoms with van der Waals surface area (Å²) in [4.78, 5) is 0. The summed E-state index contributed by atoms with van der Waals surface area (Å²) in [6, 6.07) is 27.4. The van der Waals surface area contributed by atoms with Crippen molar-refractivity contribution in [1.82, 2.24) is 0 Å². The predicted molar refractivity (Wildman–Crippen MR) is 209 cm³/mol. The molecule has 47 heavy (non-hydrogen) atoms. The van der Waals surface area contributed by atoms with Crippen LogP contribution in [0.5, 0.6) is 0 Å². The molecular formula is C43H51Cl2SiZr. The molecule has 0 spiro atoms. The molecule has 2 atom stereocenters. The number of benzene rings is 4. The molecule has 0 N–H and O–H groups in total. The van der Waals surface area contributed by atoms with E-state index in [1.54, 1.807) is 0 Å². The van der Waals surface area contributed by atoms with Gasteiger partial charge in [0, 0.05) is 0 Å². The molecule has 2 aliphatic rings. The Balaban J connectivity index is 1.58. The minimum atomic E-state index is -4.85. The first-order valence-electron chi connectivity index (χ1n) is 17.4. The van der Waals surface area contributed by atoms with Gasteiger partial charge in [0.15, 0.2) is 0 Å². The summed E-state index contributed by atoms with van der Waals surface area (Å²) in [5.74, 6) is -1.30. The number of fused-ring (bicyclic) bond motifs is 2. The SMILES string of the molecule is CC1=Cc2c(-c3ccc(C(C)(C)C)cc3)ccc(C)c2[CH]1[Zr]([Cl])([Cl])([CH]1C(C(C)C)=Cc2c(-c3c(C)cccc3C)cccc21)[SiH](C)C. The fourth-order valence-electron chi connectivity index (χ4n) is 8.77. The summed E-state index contributed by atoms with van der Waals surface area (Å²) >= 11 is -4.85. The number of aryl methyl sites for hydroxylation is 3. The molecule has 0 aromatic heterocycles. The van der Waals surface area contributed by atoms with Gasteiger partial charge < -0.3 is 0 Å². The number of allylic oxidation sites excluding steroid dienone is 2. The van der Waals surface area contributed by atoms with E-state index < -0.39 is 21.5 Å². The van der Waals surface area contributed by atoms with E-state index in [2.05, 4.69) is 160 Å². The second-order valence-corrected chi connectivity index (χ2v) is 58.6. The summed E-state index contributed by atoms with van der Waals surface area (Å²) in [5.41, 5.74) is 18.8. The predicted octanol–water partition coefficient (Wildman–Crippen LogP) is 13.5. The van der Waals surface area contributed by atoms with Gasteiger partial charge >= 0.3 is 295 Å². The normalized spacial score (nSPS) is 18.6. The first-order chi connectivity index (χ1) is 22.0. The van der Waals surface area contributed by atoms with Gasteiger partial charge in [-0.3, -0.25) is 0 Å². The van der Waals surface area contributed by atoms with Gasteiger partial charge in [0.1, 0.15) is 0 Å². The van der Waals surface area contributed by atoms with Crippen LogP contribution in [0, 0.1) is 26.7 Å². The Morgan fingerprint density at radius 1 is 0.681 bits per heavy atom. The molecule has 0 aliphatic heterocycles. The van der Waals surface area contributed by atoms with Crippen molar-refractivity contribution in [3.05, 3.63) is 128 Å². The van der Waals surface area contributed by atoms with Gasteiger partial charge in [0.05, 0.1) is 0 Å². The molecule has 2 aliphatic carbocycles. The van der Waals surface area contributed by atoms with Crippen LogP contribution in [0.15, 0.2) is 83.9 Å². The first-order valence-corrected chi connectivity index (χ1v) is 33.7. The van der Waals surface area contributed by atoms with Crippen LogP contribution in [0.1, 0.15) is 93.3 Å². The number of hydrogen-bond donors (Lipinski definition) is 0. The zero-order chi connectivity index (χ0) is 34.2. The van der Waals surface area contributed by atoms with Crippen molar-refractivity contribution in [1.29, 1.82) is 0 Å². The molecule has 0 saturated carbocycles. The van der Waals surface area contributed by atoms with Crippen LogP contribution in [0.2, 0.25) is 13.1 Å². The second-order valence-electron chi connectivity index (χ2n) is 16.1. The van der Waals surface area contributed by atoms with Crippen molar-refractivity contribution in [3.8, 4) is 22.3 Å². The van der Waals surface area contributed by atoms with E-state index in [-0.39, 0.29) is 12.7 Å². The maximum atomic E-state index is 8.69. The van der Waals surface area contributed by atoms with Gasteiger partial charge in [0.25, 0.3) is 0 Å². The average Bonchev–Trinajstić information content (AvgIpc) is 3.58. The fraction of sp³-hybridized carbons (Fsp3) is 0.349. The van der Waals surface area contributed by atoms with Crippen LogP contribution < -0.4 is 0 Å². The molecule has 4 heteroatoms. The van der Waals surface area contributed by atoms with Crippen LogP contribution in [0.4, 0.5) is 0 Å². The molecule has 2 unspecified atom stereocenters. The molecule has 0 heterocycles. The third-order valence-corrected chi connectivity index (χ3v) is 63.3. The summed E-state index contributed by atoms with van der Waals surface area (Å²) in [6.07, 6.45) is 4.94.